The highest BCUT2D eigenvalue weighted by Crippen LogP contribution is 2.39. The third-order valence-electron chi connectivity index (χ3n) is 9.73. The van der Waals surface area contributed by atoms with Crippen molar-refractivity contribution in [3.63, 3.8) is 0 Å². The van der Waals surface area contributed by atoms with E-state index in [0.29, 0.717) is 12.8 Å². The molecule has 2 heterocycles. The van der Waals surface area contributed by atoms with Crippen LogP contribution in [0.3, 0.4) is 0 Å². The molecular formula is C41H47N3O7. The van der Waals surface area contributed by atoms with Crippen LogP contribution < -0.4 is 10.6 Å². The van der Waals surface area contributed by atoms with Gasteiger partial charge in [-0.3, -0.25) is 4.90 Å². The third-order valence-corrected chi connectivity index (χ3v) is 9.73. The molecule has 5 atom stereocenters. The minimum absolute atomic E-state index is 0.00850. The number of carbonyl (C=O) groups excluding carboxylic acids is 2. The predicted octanol–water partition coefficient (Wildman–Crippen LogP) is 5.43. The smallest absolute Gasteiger partial charge is 0.328 e. The van der Waals surface area contributed by atoms with Gasteiger partial charge in [-0.05, 0) is 58.8 Å². The van der Waals surface area contributed by atoms with Crippen molar-refractivity contribution < 1.29 is 34.0 Å². The summed E-state index contributed by atoms with van der Waals surface area (Å²) in [5.41, 5.74) is 6.62. The number of likely N-dealkylation sites (tertiary alicyclic amines) is 1. The van der Waals surface area contributed by atoms with Crippen LogP contribution >= 0.6 is 0 Å². The zero-order chi connectivity index (χ0) is 35.6. The molecule has 0 saturated carbocycles. The van der Waals surface area contributed by atoms with E-state index in [1.54, 1.807) is 0 Å². The minimum atomic E-state index is -0.811. The van der Waals surface area contributed by atoms with Crippen molar-refractivity contribution in [1.29, 1.82) is 0 Å². The molecule has 4 aromatic carbocycles. The summed E-state index contributed by atoms with van der Waals surface area (Å²) in [6.45, 7) is 2.09. The summed E-state index contributed by atoms with van der Waals surface area (Å²) in [5, 5.41) is 25.0. The van der Waals surface area contributed by atoms with Gasteiger partial charge in [0, 0.05) is 37.5 Å². The zero-order valence-corrected chi connectivity index (χ0v) is 28.9. The van der Waals surface area contributed by atoms with Gasteiger partial charge < -0.3 is 35.1 Å². The number of methoxy groups -OCH3 is 1. The number of amides is 2. The number of esters is 1. The number of rotatable bonds is 13. The molecular weight excluding hydrogens is 646 g/mol. The maximum atomic E-state index is 12.8. The molecule has 2 saturated heterocycles. The second kappa shape index (κ2) is 17.6. The topological polar surface area (TPSA) is 130 Å². The first-order chi connectivity index (χ1) is 24.9. The Morgan fingerprint density at radius 1 is 0.863 bits per heavy atom. The molecule has 2 aliphatic heterocycles. The Hall–Kier alpha value is -4.58. The Kier molecular flexibility index (Phi) is 12.5. The van der Waals surface area contributed by atoms with E-state index in [0.717, 1.165) is 64.9 Å². The van der Waals surface area contributed by atoms with Gasteiger partial charge >= 0.3 is 12.0 Å². The maximum absolute atomic E-state index is 12.8. The highest BCUT2D eigenvalue weighted by atomic mass is 16.7. The van der Waals surface area contributed by atoms with Gasteiger partial charge in [0.05, 0.1) is 32.5 Å². The molecule has 10 nitrogen and oxygen atoms in total. The lowest BCUT2D eigenvalue weighted by Crippen LogP contribution is -2.47. The van der Waals surface area contributed by atoms with Gasteiger partial charge in [-0.25, -0.2) is 9.59 Å². The first-order valence-electron chi connectivity index (χ1n) is 17.6. The Balaban J connectivity index is 1.10. The third kappa shape index (κ3) is 9.61. The van der Waals surface area contributed by atoms with Gasteiger partial charge in [0.25, 0.3) is 0 Å². The summed E-state index contributed by atoms with van der Waals surface area (Å²) in [5.74, 6) is -0.506. The van der Waals surface area contributed by atoms with Crippen molar-refractivity contribution in [3.8, 4) is 11.1 Å². The first kappa shape index (κ1) is 36.2. The number of ether oxygens (including phenoxy) is 3. The summed E-state index contributed by atoms with van der Waals surface area (Å²) in [7, 11) is 1.31. The van der Waals surface area contributed by atoms with Crippen molar-refractivity contribution in [1.82, 2.24) is 15.5 Å². The molecule has 4 aromatic rings. The lowest BCUT2D eigenvalue weighted by atomic mass is 9.99. The largest absolute Gasteiger partial charge is 0.467 e. The second-order valence-electron chi connectivity index (χ2n) is 13.2. The van der Waals surface area contributed by atoms with Crippen LogP contribution in [0, 0.1) is 0 Å². The van der Waals surface area contributed by atoms with Crippen LogP contribution in [0.1, 0.15) is 59.5 Å². The maximum Gasteiger partial charge on any atom is 0.328 e. The molecule has 2 amide bonds. The summed E-state index contributed by atoms with van der Waals surface area (Å²) < 4.78 is 18.0. The first-order valence-corrected chi connectivity index (χ1v) is 17.6. The standard InChI is InChI=1S/C41H47N3O7/c1-49-39(47)37(22-28-7-3-2-4-8-28)43-41(48)42-24-30-9-5-10-34(21-30)31-16-18-33(19-17-31)40-50-36(25-44-20-6-11-35(44)27-46)23-38(51-40)32-14-12-29(26-45)13-15-32/h2-5,7-10,12-19,21,35-38,40,45-46H,6,11,20,22-27H2,1H3,(H2,42,43,48). The zero-order valence-electron chi connectivity index (χ0n) is 28.9. The lowest BCUT2D eigenvalue weighted by Gasteiger charge is -2.38. The van der Waals surface area contributed by atoms with Gasteiger partial charge in [0.2, 0.25) is 0 Å². The number of aliphatic hydroxyl groups excluding tert-OH is 2. The lowest BCUT2D eigenvalue weighted by molar-refractivity contribution is -0.253. The molecule has 10 heteroatoms. The molecule has 0 radical (unpaired) electrons. The summed E-state index contributed by atoms with van der Waals surface area (Å²) in [4.78, 5) is 27.5. The summed E-state index contributed by atoms with van der Waals surface area (Å²) in [6.07, 6.45) is 2.24. The summed E-state index contributed by atoms with van der Waals surface area (Å²) in [6, 6.07) is 32.3. The van der Waals surface area contributed by atoms with E-state index in [4.69, 9.17) is 14.2 Å². The number of nitrogens with zero attached hydrogens (tertiary/aromatic N) is 1. The molecule has 0 bridgehead atoms. The Morgan fingerprint density at radius 2 is 1.61 bits per heavy atom. The molecule has 6 rings (SSSR count). The van der Waals surface area contributed by atoms with E-state index in [1.807, 2.05) is 103 Å². The molecule has 51 heavy (non-hydrogen) atoms. The molecule has 4 N–H and O–H groups in total. The van der Waals surface area contributed by atoms with Crippen molar-refractivity contribution >= 4 is 12.0 Å². The molecule has 0 aromatic heterocycles. The van der Waals surface area contributed by atoms with Gasteiger partial charge in [-0.1, -0.05) is 97.1 Å². The van der Waals surface area contributed by atoms with Crippen molar-refractivity contribution in [2.75, 3.05) is 26.8 Å². The fourth-order valence-electron chi connectivity index (χ4n) is 6.91. The van der Waals surface area contributed by atoms with E-state index in [1.165, 1.54) is 7.11 Å². The average Bonchev–Trinajstić information content (AvgIpc) is 3.64. The van der Waals surface area contributed by atoms with Crippen molar-refractivity contribution in [2.45, 2.75) is 69.4 Å². The summed E-state index contributed by atoms with van der Waals surface area (Å²) >= 11 is 0. The molecule has 268 valence electrons. The van der Waals surface area contributed by atoms with Crippen LogP contribution in [-0.4, -0.2) is 72.1 Å². The van der Waals surface area contributed by atoms with Gasteiger partial charge in [-0.15, -0.1) is 0 Å². The van der Waals surface area contributed by atoms with Crippen LogP contribution in [0.4, 0.5) is 4.79 Å². The highest BCUT2D eigenvalue weighted by Gasteiger charge is 2.35. The predicted molar refractivity (Wildman–Crippen MR) is 193 cm³/mol. The minimum Gasteiger partial charge on any atom is -0.467 e. The molecule has 5 unspecified atom stereocenters. The fraction of sp³-hybridized carbons (Fsp3) is 0.366. The van der Waals surface area contributed by atoms with E-state index < -0.39 is 24.3 Å². The number of carbonyl (C=O) groups is 2. The van der Waals surface area contributed by atoms with Crippen molar-refractivity contribution in [3.05, 3.63) is 131 Å². The Morgan fingerprint density at radius 3 is 2.33 bits per heavy atom. The van der Waals surface area contributed by atoms with Crippen LogP contribution in [0.2, 0.25) is 0 Å². The molecule has 0 spiro atoms. The number of benzene rings is 4. The van der Waals surface area contributed by atoms with E-state index >= 15 is 0 Å². The van der Waals surface area contributed by atoms with Crippen LogP contribution in [0.25, 0.3) is 11.1 Å². The monoisotopic (exact) mass is 693 g/mol. The number of urea groups is 1. The number of hydrogen-bond acceptors (Lipinski definition) is 8. The fourth-order valence-corrected chi connectivity index (χ4v) is 6.91. The van der Waals surface area contributed by atoms with E-state index in [9.17, 15) is 19.8 Å². The molecule has 0 aliphatic carbocycles. The normalized spacial score (nSPS) is 21.2. The van der Waals surface area contributed by atoms with Gasteiger partial charge in [0.1, 0.15) is 6.04 Å². The second-order valence-corrected chi connectivity index (χ2v) is 13.2. The van der Waals surface area contributed by atoms with Crippen molar-refractivity contribution in [2.24, 2.45) is 0 Å². The highest BCUT2D eigenvalue weighted by molar-refractivity contribution is 5.83. The Bertz CT molecular complexity index is 1720. The average molecular weight is 694 g/mol. The quantitative estimate of drug-likeness (QED) is 0.137. The van der Waals surface area contributed by atoms with Crippen LogP contribution in [-0.2, 0) is 38.6 Å². The molecule has 2 fully saturated rings. The van der Waals surface area contributed by atoms with Gasteiger partial charge in [0.15, 0.2) is 6.29 Å². The van der Waals surface area contributed by atoms with E-state index in [-0.39, 0.29) is 38.0 Å². The number of aliphatic hydroxyl groups is 2. The number of nitrogens with one attached hydrogen (secondary N) is 2. The number of hydrogen-bond donors (Lipinski definition) is 4. The molecule has 2 aliphatic rings. The van der Waals surface area contributed by atoms with E-state index in [2.05, 4.69) is 15.5 Å². The van der Waals surface area contributed by atoms with Gasteiger partial charge in [-0.2, -0.15) is 0 Å². The Labute approximate surface area is 299 Å². The van der Waals surface area contributed by atoms with Crippen LogP contribution in [0.5, 0.6) is 0 Å². The SMILES string of the molecule is COC(=O)C(Cc1ccccc1)NC(=O)NCc1cccc(-c2ccc(C3OC(CN4CCCC4CO)CC(c4ccc(CO)cc4)O3)cc2)c1. The van der Waals surface area contributed by atoms with Crippen LogP contribution in [0.15, 0.2) is 103 Å².